The minimum absolute atomic E-state index is 0.0209. The lowest BCUT2D eigenvalue weighted by molar-refractivity contribution is -0.255. The first-order valence-corrected chi connectivity index (χ1v) is 18.3. The number of carbonyl (C=O) groups is 5. The van der Waals surface area contributed by atoms with Crippen LogP contribution in [0.5, 0.6) is 0 Å². The van der Waals surface area contributed by atoms with E-state index in [1.165, 1.54) is 33.5 Å². The van der Waals surface area contributed by atoms with Crippen LogP contribution in [0, 0.1) is 56.7 Å². The fourth-order valence-corrected chi connectivity index (χ4v) is 12.3. The van der Waals surface area contributed by atoms with Gasteiger partial charge in [0, 0.05) is 26.2 Å². The van der Waals surface area contributed by atoms with E-state index in [-0.39, 0.29) is 59.0 Å². The number of rotatable bonds is 7. The fraction of sp³-hybridized carbons (Fsp3) is 0.821. The van der Waals surface area contributed by atoms with Crippen molar-refractivity contribution in [1.29, 1.82) is 0 Å². The first kappa shape index (κ1) is 37.3. The van der Waals surface area contributed by atoms with Gasteiger partial charge in [0.25, 0.3) is 0 Å². The Hall–Kier alpha value is -2.91. The normalized spacial score (nSPS) is 44.0. The molecule has 49 heavy (non-hydrogen) atoms. The summed E-state index contributed by atoms with van der Waals surface area (Å²) in [6.07, 6.45) is 7.43. The number of hydrogen-bond acceptors (Lipinski definition) is 9. The molecule has 5 rings (SSSR count). The Morgan fingerprint density at radius 3 is 2.14 bits per heavy atom. The summed E-state index contributed by atoms with van der Waals surface area (Å²) in [4.78, 5) is 63.4. The van der Waals surface area contributed by atoms with Gasteiger partial charge in [-0.25, -0.2) is 0 Å². The summed E-state index contributed by atoms with van der Waals surface area (Å²) < 4.78 is 22.5. The highest BCUT2D eigenvalue weighted by molar-refractivity contribution is 5.87. The molecule has 0 aliphatic heterocycles. The van der Waals surface area contributed by atoms with Crippen LogP contribution in [0.4, 0.5) is 0 Å². The minimum atomic E-state index is -0.788. The van der Waals surface area contributed by atoms with Gasteiger partial charge < -0.3 is 24.3 Å². The van der Waals surface area contributed by atoms with Crippen molar-refractivity contribution in [3.8, 4) is 0 Å². The molecule has 0 bridgehead atoms. The highest BCUT2D eigenvalue weighted by Gasteiger charge is 2.72. The van der Waals surface area contributed by atoms with Crippen LogP contribution in [-0.4, -0.2) is 62.3 Å². The summed E-state index contributed by atoms with van der Waals surface area (Å²) in [5, 5.41) is 2.96. The van der Waals surface area contributed by atoms with E-state index < -0.39 is 46.9 Å². The van der Waals surface area contributed by atoms with E-state index in [4.69, 9.17) is 18.9 Å². The molecular weight excluding hydrogens is 626 g/mol. The van der Waals surface area contributed by atoms with E-state index in [1.54, 1.807) is 0 Å². The average Bonchev–Trinajstić information content (AvgIpc) is 3.02. The molecule has 0 spiro atoms. The monoisotopic (exact) mass is 685 g/mol. The van der Waals surface area contributed by atoms with Crippen LogP contribution in [0.2, 0.25) is 0 Å². The first-order valence-electron chi connectivity index (χ1n) is 18.3. The Kier molecular flexibility index (Phi) is 9.91. The van der Waals surface area contributed by atoms with E-state index in [0.717, 1.165) is 44.9 Å². The van der Waals surface area contributed by atoms with Crippen molar-refractivity contribution in [3.63, 3.8) is 0 Å². The first-order chi connectivity index (χ1) is 22.8. The molecule has 10 nitrogen and oxygen atoms in total. The lowest BCUT2D eigenvalue weighted by Crippen LogP contribution is -2.69. The summed E-state index contributed by atoms with van der Waals surface area (Å²) in [6.45, 7) is 17.9. The number of allylic oxidation sites excluding steroid dienone is 2. The maximum Gasteiger partial charge on any atom is 0.325 e. The smallest absolute Gasteiger partial charge is 0.325 e. The predicted molar refractivity (Wildman–Crippen MR) is 181 cm³/mol. The van der Waals surface area contributed by atoms with Gasteiger partial charge in [-0.1, -0.05) is 53.2 Å². The topological polar surface area (TPSA) is 134 Å². The molecule has 0 aromatic rings. The van der Waals surface area contributed by atoms with Crippen molar-refractivity contribution in [2.45, 2.75) is 126 Å². The third-order valence-corrected chi connectivity index (χ3v) is 14.9. The van der Waals surface area contributed by atoms with E-state index in [1.807, 2.05) is 6.92 Å². The molecule has 4 fully saturated rings. The average molecular weight is 686 g/mol. The van der Waals surface area contributed by atoms with E-state index in [2.05, 4.69) is 46.0 Å². The summed E-state index contributed by atoms with van der Waals surface area (Å²) in [6, 6.07) is 0. The molecule has 12 atom stereocenters. The van der Waals surface area contributed by atoms with Gasteiger partial charge >= 0.3 is 23.9 Å². The SMILES string of the molecule is COC(=O)CNC(=O)[C@]12CC[C@@H](C)[C@H](C)[C@H]1C1=CC[C@@H]3[C@@]4(C)C[C@@H](OC(C)=O)[C@H](OC(C)=O)[C@@](C)(COC(C)=O)[C@@H]4CC[C@@]3(C)[C@]1(C)CC2. The number of ether oxygens (including phenoxy) is 4. The van der Waals surface area contributed by atoms with Gasteiger partial charge in [0.1, 0.15) is 25.4 Å². The summed E-state index contributed by atoms with van der Waals surface area (Å²) in [7, 11) is 1.33. The van der Waals surface area contributed by atoms with Gasteiger partial charge in [0.05, 0.1) is 12.5 Å². The molecule has 1 N–H and O–H groups in total. The molecule has 5 aliphatic carbocycles. The molecule has 0 unspecified atom stereocenters. The van der Waals surface area contributed by atoms with Gasteiger partial charge in [-0.05, 0) is 97.2 Å². The van der Waals surface area contributed by atoms with Crippen molar-refractivity contribution in [3.05, 3.63) is 11.6 Å². The lowest BCUT2D eigenvalue weighted by Gasteiger charge is -2.72. The van der Waals surface area contributed by atoms with E-state index in [0.29, 0.717) is 12.3 Å². The quantitative estimate of drug-likeness (QED) is 0.196. The second-order valence-corrected chi connectivity index (χ2v) is 17.2. The maximum absolute atomic E-state index is 14.2. The second-order valence-electron chi connectivity index (χ2n) is 17.2. The van der Waals surface area contributed by atoms with Crippen molar-refractivity contribution in [1.82, 2.24) is 5.32 Å². The van der Waals surface area contributed by atoms with Crippen LogP contribution < -0.4 is 5.32 Å². The number of hydrogen-bond donors (Lipinski definition) is 1. The summed E-state index contributed by atoms with van der Waals surface area (Å²) in [5.74, 6) is -0.792. The zero-order chi connectivity index (χ0) is 36.3. The van der Waals surface area contributed by atoms with Gasteiger partial charge in [-0.15, -0.1) is 0 Å². The molecule has 1 amide bonds. The molecule has 0 radical (unpaired) electrons. The third-order valence-electron chi connectivity index (χ3n) is 14.9. The molecule has 274 valence electrons. The molecule has 4 saturated carbocycles. The van der Waals surface area contributed by atoms with Crippen LogP contribution in [0.15, 0.2) is 11.6 Å². The number of amides is 1. The molecule has 0 aromatic heterocycles. The van der Waals surface area contributed by atoms with Gasteiger partial charge in [0.2, 0.25) is 5.91 Å². The Balaban J connectivity index is 1.60. The van der Waals surface area contributed by atoms with Crippen LogP contribution in [0.25, 0.3) is 0 Å². The number of carbonyl (C=O) groups excluding carboxylic acids is 5. The molecule has 0 aromatic carbocycles. The largest absolute Gasteiger partial charge is 0.468 e. The highest BCUT2D eigenvalue weighted by Crippen LogP contribution is 2.76. The molecule has 0 saturated heterocycles. The number of methoxy groups -OCH3 is 1. The van der Waals surface area contributed by atoms with E-state index >= 15 is 0 Å². The zero-order valence-corrected chi connectivity index (χ0v) is 31.4. The second kappa shape index (κ2) is 13.0. The third kappa shape index (κ3) is 5.81. The van der Waals surface area contributed by atoms with Gasteiger partial charge in [-0.2, -0.15) is 0 Å². The Morgan fingerprint density at radius 2 is 1.53 bits per heavy atom. The van der Waals surface area contributed by atoms with Crippen molar-refractivity contribution in [2.24, 2.45) is 56.7 Å². The van der Waals surface area contributed by atoms with Crippen LogP contribution in [0.3, 0.4) is 0 Å². The van der Waals surface area contributed by atoms with Crippen LogP contribution in [0.1, 0.15) is 114 Å². The van der Waals surface area contributed by atoms with Crippen molar-refractivity contribution >= 4 is 29.8 Å². The molecule has 0 heterocycles. The number of fused-ring (bicyclic) bond motifs is 7. The molecular formula is C39H59NO9. The Morgan fingerprint density at radius 1 is 0.857 bits per heavy atom. The lowest BCUT2D eigenvalue weighted by atomic mass is 9.33. The highest BCUT2D eigenvalue weighted by atomic mass is 16.6. The standard InChI is InChI=1S/C39H59NO9/c1-22-13-16-39(34(45)40-20-31(44)46-10)18-17-37(8)27(32(39)23(22)2)11-12-30-35(6)19-28(48-25(4)42)33(49-26(5)43)36(7,21-47-24(3)41)29(35)14-15-38(30,37)9/h11,22-23,28-30,32-33H,12-21H2,1-10H3,(H,40,45)/t22-,23+,28-,29-,30-,32+,33+,35+,36+,37-,38-,39+/m1/s1. The number of nitrogens with one attached hydrogen (secondary N) is 1. The maximum atomic E-state index is 14.2. The van der Waals surface area contributed by atoms with E-state index in [9.17, 15) is 24.0 Å². The van der Waals surface area contributed by atoms with Crippen LogP contribution >= 0.6 is 0 Å². The summed E-state index contributed by atoms with van der Waals surface area (Å²) in [5.41, 5.74) is -0.665. The number of esters is 4. The fourth-order valence-electron chi connectivity index (χ4n) is 12.3. The summed E-state index contributed by atoms with van der Waals surface area (Å²) >= 11 is 0. The van der Waals surface area contributed by atoms with Gasteiger partial charge in [0.15, 0.2) is 0 Å². The van der Waals surface area contributed by atoms with Crippen molar-refractivity contribution < 1.29 is 42.9 Å². The van der Waals surface area contributed by atoms with Crippen LogP contribution in [-0.2, 0) is 42.9 Å². The molecule has 10 heteroatoms. The Labute approximate surface area is 292 Å². The van der Waals surface area contributed by atoms with Gasteiger partial charge in [-0.3, -0.25) is 24.0 Å². The molecule has 5 aliphatic rings. The Bertz CT molecular complexity index is 1410. The predicted octanol–water partition coefficient (Wildman–Crippen LogP) is 5.95. The minimum Gasteiger partial charge on any atom is -0.468 e. The zero-order valence-electron chi connectivity index (χ0n) is 31.4. The van der Waals surface area contributed by atoms with Crippen molar-refractivity contribution in [2.75, 3.05) is 20.3 Å².